The summed E-state index contributed by atoms with van der Waals surface area (Å²) in [7, 11) is 1.79. The monoisotopic (exact) mass is 256 g/mol. The molecule has 0 saturated heterocycles. The van der Waals surface area contributed by atoms with Crippen LogP contribution in [0.15, 0.2) is 18.2 Å². The van der Waals surface area contributed by atoms with Gasteiger partial charge in [-0.25, -0.2) is 0 Å². The lowest BCUT2D eigenvalue weighted by Crippen LogP contribution is -2.45. The summed E-state index contributed by atoms with van der Waals surface area (Å²) in [5, 5.41) is 9.20. The molecule has 0 aliphatic heterocycles. The molecule has 1 aliphatic rings. The fraction of sp³-hybridized carbons (Fsp3) is 0.500. The second-order valence-electron chi connectivity index (χ2n) is 5.63. The minimum Gasteiger partial charge on any atom is -0.340 e. The van der Waals surface area contributed by atoms with Crippen LogP contribution in [0.5, 0.6) is 0 Å². The summed E-state index contributed by atoms with van der Waals surface area (Å²) in [4.78, 5) is 14.0. The van der Waals surface area contributed by atoms with Crippen molar-refractivity contribution >= 4 is 5.91 Å². The lowest BCUT2D eigenvalue weighted by molar-refractivity contribution is -0.142. The van der Waals surface area contributed by atoms with Crippen molar-refractivity contribution in [3.8, 4) is 6.07 Å². The Labute approximate surface area is 114 Å². The van der Waals surface area contributed by atoms with Crippen molar-refractivity contribution in [3.05, 3.63) is 34.9 Å². The normalized spacial score (nSPS) is 16.3. The van der Waals surface area contributed by atoms with Crippen LogP contribution in [0.4, 0.5) is 0 Å². The smallest absolute Gasteiger partial charge is 0.243 e. The summed E-state index contributed by atoms with van der Waals surface area (Å²) in [6.45, 7) is 4.72. The van der Waals surface area contributed by atoms with E-state index in [0.717, 1.165) is 12.0 Å². The van der Waals surface area contributed by atoms with E-state index in [-0.39, 0.29) is 5.91 Å². The van der Waals surface area contributed by atoms with E-state index in [1.54, 1.807) is 11.9 Å². The summed E-state index contributed by atoms with van der Waals surface area (Å²) >= 11 is 0. The summed E-state index contributed by atoms with van der Waals surface area (Å²) in [5.41, 5.74) is 2.86. The molecule has 0 N–H and O–H groups in total. The molecule has 0 aromatic heterocycles. The number of rotatable bonds is 3. The molecule has 1 aromatic carbocycles. The van der Waals surface area contributed by atoms with Crippen LogP contribution in [0.2, 0.25) is 0 Å². The zero-order valence-electron chi connectivity index (χ0n) is 11.9. The van der Waals surface area contributed by atoms with Crippen LogP contribution in [0.1, 0.15) is 36.0 Å². The number of nitrogens with zero attached hydrogens (tertiary/aromatic N) is 2. The van der Waals surface area contributed by atoms with Crippen molar-refractivity contribution in [1.29, 1.82) is 5.26 Å². The summed E-state index contributed by atoms with van der Waals surface area (Å²) < 4.78 is 0. The number of carbonyl (C=O) groups excluding carboxylic acids is 1. The predicted octanol–water partition coefficient (Wildman–Crippen LogP) is 2.96. The van der Waals surface area contributed by atoms with E-state index in [0.29, 0.717) is 19.4 Å². The predicted molar refractivity (Wildman–Crippen MR) is 74.3 cm³/mol. The molecular weight excluding hydrogens is 236 g/mol. The van der Waals surface area contributed by atoms with Crippen LogP contribution < -0.4 is 0 Å². The highest BCUT2D eigenvalue weighted by atomic mass is 16.2. The van der Waals surface area contributed by atoms with Crippen molar-refractivity contribution in [2.24, 2.45) is 5.41 Å². The molecule has 1 amide bonds. The maximum atomic E-state index is 12.3. The second-order valence-corrected chi connectivity index (χ2v) is 5.63. The highest BCUT2D eigenvalue weighted by Crippen LogP contribution is 2.41. The molecule has 19 heavy (non-hydrogen) atoms. The SMILES string of the molecule is Cc1ccc(CN(C)C(=O)C2(C#N)CCC2)cc1C. The van der Waals surface area contributed by atoms with E-state index in [1.807, 2.05) is 6.07 Å². The first kappa shape index (κ1) is 13.6. The number of carbonyl (C=O) groups is 1. The van der Waals surface area contributed by atoms with E-state index in [4.69, 9.17) is 0 Å². The van der Waals surface area contributed by atoms with Gasteiger partial charge >= 0.3 is 0 Å². The van der Waals surface area contributed by atoms with Gasteiger partial charge < -0.3 is 4.90 Å². The zero-order valence-corrected chi connectivity index (χ0v) is 11.9. The van der Waals surface area contributed by atoms with Crippen LogP contribution in [-0.2, 0) is 11.3 Å². The average molecular weight is 256 g/mol. The minimum atomic E-state index is -0.742. The summed E-state index contributed by atoms with van der Waals surface area (Å²) in [6.07, 6.45) is 2.40. The number of nitriles is 1. The molecule has 1 saturated carbocycles. The van der Waals surface area contributed by atoms with Gasteiger partial charge in [-0.3, -0.25) is 4.79 Å². The molecule has 3 heteroatoms. The van der Waals surface area contributed by atoms with Gasteiger partial charge in [0.05, 0.1) is 6.07 Å². The van der Waals surface area contributed by atoms with Gasteiger partial charge in [0.25, 0.3) is 0 Å². The van der Waals surface area contributed by atoms with Gasteiger partial charge in [0.2, 0.25) is 5.91 Å². The molecule has 3 nitrogen and oxygen atoms in total. The van der Waals surface area contributed by atoms with Gasteiger partial charge in [-0.2, -0.15) is 5.26 Å². The van der Waals surface area contributed by atoms with Gasteiger partial charge in [-0.1, -0.05) is 18.2 Å². The molecule has 0 spiro atoms. The first-order valence-electron chi connectivity index (χ1n) is 6.71. The number of amides is 1. The molecule has 0 radical (unpaired) electrons. The first-order valence-corrected chi connectivity index (χ1v) is 6.71. The van der Waals surface area contributed by atoms with Crippen LogP contribution in [0, 0.1) is 30.6 Å². The molecule has 0 heterocycles. The molecule has 100 valence electrons. The molecule has 0 atom stereocenters. The average Bonchev–Trinajstić information content (AvgIpc) is 2.33. The third kappa shape index (κ3) is 2.49. The fourth-order valence-electron chi connectivity index (χ4n) is 2.52. The Hall–Kier alpha value is -1.82. The highest BCUT2D eigenvalue weighted by Gasteiger charge is 2.46. The molecule has 0 unspecified atom stereocenters. The van der Waals surface area contributed by atoms with Crippen molar-refractivity contribution in [1.82, 2.24) is 4.90 Å². The first-order chi connectivity index (χ1) is 8.98. The summed E-state index contributed by atoms with van der Waals surface area (Å²) in [5.74, 6) is -0.0283. The van der Waals surface area contributed by atoms with Crippen LogP contribution >= 0.6 is 0 Å². The van der Waals surface area contributed by atoms with Gasteiger partial charge in [0, 0.05) is 13.6 Å². The maximum absolute atomic E-state index is 12.3. The lowest BCUT2D eigenvalue weighted by atomic mass is 9.69. The Kier molecular flexibility index (Phi) is 3.61. The molecular formula is C16H20N2O. The molecule has 1 aliphatic carbocycles. The molecule has 1 aromatic rings. The Morgan fingerprint density at radius 3 is 2.53 bits per heavy atom. The molecule has 0 bridgehead atoms. The van der Waals surface area contributed by atoms with Gasteiger partial charge in [0.15, 0.2) is 0 Å². The quantitative estimate of drug-likeness (QED) is 0.834. The van der Waals surface area contributed by atoms with Crippen molar-refractivity contribution < 1.29 is 4.79 Å². The van der Waals surface area contributed by atoms with Crippen LogP contribution in [0.25, 0.3) is 0 Å². The van der Waals surface area contributed by atoms with Crippen molar-refractivity contribution in [3.63, 3.8) is 0 Å². The zero-order chi connectivity index (χ0) is 14.0. The maximum Gasteiger partial charge on any atom is 0.243 e. The largest absolute Gasteiger partial charge is 0.340 e. The van der Waals surface area contributed by atoms with E-state index in [9.17, 15) is 10.1 Å². The highest BCUT2D eigenvalue weighted by molar-refractivity contribution is 5.86. The summed E-state index contributed by atoms with van der Waals surface area (Å²) in [6, 6.07) is 8.44. The van der Waals surface area contributed by atoms with Gasteiger partial charge in [-0.05, 0) is 49.8 Å². The number of aryl methyl sites for hydroxylation is 2. The standard InChI is InChI=1S/C16H20N2O/c1-12-5-6-14(9-13(12)2)10-18(3)15(19)16(11-17)7-4-8-16/h5-6,9H,4,7-8,10H2,1-3H3. The Balaban J connectivity index is 2.08. The number of hydrogen-bond donors (Lipinski definition) is 0. The minimum absolute atomic E-state index is 0.0283. The number of hydrogen-bond acceptors (Lipinski definition) is 2. The van der Waals surface area contributed by atoms with E-state index >= 15 is 0 Å². The lowest BCUT2D eigenvalue weighted by Gasteiger charge is -2.36. The van der Waals surface area contributed by atoms with Crippen molar-refractivity contribution in [2.75, 3.05) is 7.05 Å². The molecule has 1 fully saturated rings. The Morgan fingerprint density at radius 1 is 1.37 bits per heavy atom. The second kappa shape index (κ2) is 5.05. The van der Waals surface area contributed by atoms with E-state index in [2.05, 4.69) is 32.0 Å². The topological polar surface area (TPSA) is 44.1 Å². The molecule has 2 rings (SSSR count). The van der Waals surface area contributed by atoms with Crippen LogP contribution in [-0.4, -0.2) is 17.9 Å². The van der Waals surface area contributed by atoms with E-state index < -0.39 is 5.41 Å². The fourth-order valence-corrected chi connectivity index (χ4v) is 2.52. The van der Waals surface area contributed by atoms with Crippen LogP contribution in [0.3, 0.4) is 0 Å². The third-order valence-electron chi connectivity index (χ3n) is 4.17. The van der Waals surface area contributed by atoms with Gasteiger partial charge in [0.1, 0.15) is 5.41 Å². The number of benzene rings is 1. The van der Waals surface area contributed by atoms with E-state index in [1.165, 1.54) is 11.1 Å². The Bertz CT molecular complexity index is 538. The Morgan fingerprint density at radius 2 is 2.05 bits per heavy atom. The van der Waals surface area contributed by atoms with Gasteiger partial charge in [-0.15, -0.1) is 0 Å². The van der Waals surface area contributed by atoms with Crippen molar-refractivity contribution in [2.45, 2.75) is 39.7 Å². The third-order valence-corrected chi connectivity index (χ3v) is 4.17.